The van der Waals surface area contributed by atoms with E-state index in [1.165, 1.54) is 123 Å². The first-order valence-electron chi connectivity index (χ1n) is 34.2. The maximum atomic E-state index is 7.26. The van der Waals surface area contributed by atoms with E-state index in [1.807, 2.05) is 0 Å². The predicted octanol–water partition coefficient (Wildman–Crippen LogP) is 22.4. The third kappa shape index (κ3) is 9.39. The van der Waals surface area contributed by atoms with Crippen LogP contribution in [-0.2, 0) is 48.7 Å². The highest BCUT2D eigenvalue weighted by Gasteiger charge is 2.49. The number of benzene rings is 8. The van der Waals surface area contributed by atoms with Crippen LogP contribution in [0.4, 0.5) is 51.2 Å². The van der Waals surface area contributed by atoms with E-state index >= 15 is 0 Å². The zero-order valence-corrected chi connectivity index (χ0v) is 58.8. The molecule has 8 aromatic carbocycles. The Morgan fingerprint density at radius 3 is 1.34 bits per heavy atom. The van der Waals surface area contributed by atoms with E-state index in [1.54, 1.807) is 0 Å². The van der Waals surface area contributed by atoms with Crippen molar-refractivity contribution in [2.75, 3.05) is 14.7 Å². The molecule has 0 unspecified atom stereocenters. The Morgan fingerprint density at radius 1 is 0.389 bits per heavy atom. The maximum Gasteiger partial charge on any atom is 0.252 e. The summed E-state index contributed by atoms with van der Waals surface area (Å²) in [7, 11) is 0. The van der Waals surface area contributed by atoms with Crippen LogP contribution in [0.1, 0.15) is 240 Å². The Labute approximate surface area is 541 Å². The van der Waals surface area contributed by atoms with Gasteiger partial charge in [-0.15, -0.1) is 0 Å². The van der Waals surface area contributed by atoms with Crippen molar-refractivity contribution in [3.63, 3.8) is 0 Å². The van der Waals surface area contributed by atoms with Crippen molar-refractivity contribution in [2.45, 2.75) is 240 Å². The normalized spacial score (nSPS) is 19.0. The quantitative estimate of drug-likeness (QED) is 0.160. The zero-order chi connectivity index (χ0) is 64.3. The highest BCUT2D eigenvalue weighted by atomic mass is 16.3. The molecule has 90 heavy (non-hydrogen) atoms. The number of nitrogens with zero attached hydrogens (tertiary/aromatic N) is 3. The molecular formula is C85H100BN3O. The lowest BCUT2D eigenvalue weighted by atomic mass is 9.33. The minimum atomic E-state index is -0.140. The molecular weight excluding hydrogens is 1090 g/mol. The molecule has 2 aliphatic heterocycles. The molecule has 5 heteroatoms. The molecule has 0 N–H and O–H groups in total. The fourth-order valence-electron chi connectivity index (χ4n) is 17.0. The van der Waals surface area contributed by atoms with Crippen LogP contribution in [0.5, 0.6) is 0 Å². The molecule has 0 amide bonds. The first kappa shape index (κ1) is 60.6. The number of anilines is 9. The molecule has 1 aromatic heterocycles. The van der Waals surface area contributed by atoms with E-state index in [0.29, 0.717) is 0 Å². The molecule has 0 fully saturated rings. The fraction of sp³-hybridized carbons (Fsp3) is 0.435. The molecule has 0 bridgehead atoms. The van der Waals surface area contributed by atoms with Gasteiger partial charge in [-0.2, -0.15) is 0 Å². The Morgan fingerprint density at radius 2 is 0.833 bits per heavy atom. The van der Waals surface area contributed by atoms with Gasteiger partial charge in [-0.05, 0) is 245 Å². The largest absolute Gasteiger partial charge is 0.456 e. The van der Waals surface area contributed by atoms with Crippen LogP contribution in [0, 0.1) is 6.92 Å². The van der Waals surface area contributed by atoms with Gasteiger partial charge in [-0.1, -0.05) is 200 Å². The van der Waals surface area contributed by atoms with Gasteiger partial charge in [0.15, 0.2) is 0 Å². The summed E-state index contributed by atoms with van der Waals surface area (Å²) in [5, 5.41) is 2.38. The molecule has 3 heterocycles. The second kappa shape index (κ2) is 19.5. The van der Waals surface area contributed by atoms with Crippen LogP contribution in [0.15, 0.2) is 138 Å². The van der Waals surface area contributed by atoms with Crippen molar-refractivity contribution in [1.29, 1.82) is 0 Å². The second-order valence-electron chi connectivity index (χ2n) is 35.5. The maximum absolute atomic E-state index is 7.26. The number of hydrogen-bond donors (Lipinski definition) is 0. The van der Waals surface area contributed by atoms with Gasteiger partial charge in [0.2, 0.25) is 0 Å². The van der Waals surface area contributed by atoms with Crippen LogP contribution < -0.4 is 31.1 Å². The number of rotatable bonds is 5. The van der Waals surface area contributed by atoms with Gasteiger partial charge in [0.1, 0.15) is 11.2 Å². The van der Waals surface area contributed by atoms with E-state index in [0.717, 1.165) is 60.3 Å². The lowest BCUT2D eigenvalue weighted by Crippen LogP contribution is -2.62. The summed E-state index contributed by atoms with van der Waals surface area (Å²) in [5.41, 5.74) is 30.5. The molecule has 5 aliphatic rings. The molecule has 0 saturated carbocycles. The molecule has 0 radical (unpaired) electrons. The van der Waals surface area contributed by atoms with E-state index in [9.17, 15) is 0 Å². The number of hydrogen-bond acceptors (Lipinski definition) is 4. The Kier molecular flexibility index (Phi) is 13.2. The summed E-state index contributed by atoms with van der Waals surface area (Å²) >= 11 is 0. The van der Waals surface area contributed by atoms with Crippen molar-refractivity contribution < 1.29 is 4.42 Å². The van der Waals surface area contributed by atoms with E-state index in [2.05, 4.69) is 300 Å². The molecule has 0 atom stereocenters. The minimum Gasteiger partial charge on any atom is -0.456 e. The van der Waals surface area contributed by atoms with Gasteiger partial charge in [0, 0.05) is 56.3 Å². The van der Waals surface area contributed by atoms with Crippen LogP contribution in [0.25, 0.3) is 21.9 Å². The van der Waals surface area contributed by atoms with Gasteiger partial charge in [-0.3, -0.25) is 0 Å². The Hall–Kier alpha value is -6.98. The van der Waals surface area contributed by atoms with Gasteiger partial charge < -0.3 is 19.1 Å². The summed E-state index contributed by atoms with van der Waals surface area (Å²) < 4.78 is 7.26. The zero-order valence-electron chi connectivity index (χ0n) is 58.8. The van der Waals surface area contributed by atoms with Gasteiger partial charge in [0.05, 0.1) is 5.69 Å². The molecule has 0 saturated heterocycles. The van der Waals surface area contributed by atoms with Crippen LogP contribution in [0.2, 0.25) is 0 Å². The first-order chi connectivity index (χ1) is 41.9. The Balaban J connectivity index is 1.18. The van der Waals surface area contributed by atoms with Gasteiger partial charge in [0.25, 0.3) is 6.71 Å². The number of fused-ring (bicyclic) bond motifs is 10. The molecule has 3 aliphatic carbocycles. The van der Waals surface area contributed by atoms with Gasteiger partial charge in [-0.25, -0.2) is 0 Å². The first-order valence-corrected chi connectivity index (χ1v) is 34.2. The van der Waals surface area contributed by atoms with Crippen molar-refractivity contribution in [1.82, 2.24) is 0 Å². The summed E-state index contributed by atoms with van der Waals surface area (Å²) in [6, 6.07) is 54.2. The second-order valence-corrected chi connectivity index (χ2v) is 35.5. The fourth-order valence-corrected chi connectivity index (χ4v) is 17.0. The van der Waals surface area contributed by atoms with Gasteiger partial charge >= 0.3 is 0 Å². The Bertz CT molecular complexity index is 4380. The van der Waals surface area contributed by atoms with Crippen molar-refractivity contribution in [3.05, 3.63) is 189 Å². The summed E-state index contributed by atoms with van der Waals surface area (Å²) in [4.78, 5) is 8.06. The number of furan rings is 1. The predicted molar refractivity (Wildman–Crippen MR) is 389 cm³/mol. The topological polar surface area (TPSA) is 22.9 Å². The van der Waals surface area contributed by atoms with Crippen LogP contribution in [0.3, 0.4) is 0 Å². The smallest absolute Gasteiger partial charge is 0.252 e. The number of aryl methyl sites for hydroxylation is 1. The monoisotopic (exact) mass is 1190 g/mol. The average Bonchev–Trinajstić information content (AvgIpc) is 0.839. The highest BCUT2D eigenvalue weighted by Crippen LogP contribution is 2.56. The highest BCUT2D eigenvalue weighted by molar-refractivity contribution is 7.00. The minimum absolute atomic E-state index is 0.00669. The summed E-state index contributed by atoms with van der Waals surface area (Å²) in [6.07, 6.45) is 6.86. The van der Waals surface area contributed by atoms with E-state index < -0.39 is 0 Å². The standard InChI is InChI=1S/C85H100BN3O/c1-51-42-61-64(84(19,20)40-38-81(61,13)14)48-68(51)89-69-46-58-74(90-73-25-23-24-60(75(58)73)79(8,9)10)50-67(69)86-66-47-63-65(85(21,22)41-39-83(63,17)18)49-70(66)88(56-34-35-59-62(43-56)82(15,16)37-36-80(59,11)12)71-44-57(45-72(89)76(71)86)87(54-30-26-52(27-31-54)77(2,3)4)55-32-28-53(29-33-55)78(5,6)7/h23-35,42-50H,36-41H2,1-22H3. The average molecular weight is 1190 g/mol. The summed E-state index contributed by atoms with van der Waals surface area (Å²) in [6.45, 7) is 53.1. The molecule has 4 nitrogen and oxygen atoms in total. The third-order valence-corrected chi connectivity index (χ3v) is 23.2. The van der Waals surface area contributed by atoms with Crippen molar-refractivity contribution in [3.8, 4) is 0 Å². The third-order valence-electron chi connectivity index (χ3n) is 23.2. The molecule has 464 valence electrons. The van der Waals surface area contributed by atoms with E-state index in [4.69, 9.17) is 4.42 Å². The van der Waals surface area contributed by atoms with Crippen molar-refractivity contribution in [2.24, 2.45) is 0 Å². The van der Waals surface area contributed by atoms with Crippen LogP contribution in [-0.4, -0.2) is 6.71 Å². The van der Waals surface area contributed by atoms with E-state index in [-0.39, 0.29) is 55.4 Å². The SMILES string of the molecule is Cc1cc2c(cc1N1c3cc4c(cc3B3c5cc6c(cc5N(c5ccc7c(c5)C(C)(C)CCC7(C)C)c5cc(N(c7ccc(C(C)(C)C)cc7)c7ccc(C(C)(C)C)cc7)cc1c53)C(C)(C)CCC6(C)C)oc1cccc(C(C)(C)C)c14)C(C)(C)CCC2(C)C. The van der Waals surface area contributed by atoms with Crippen molar-refractivity contribution >= 4 is 96.2 Å². The molecule has 14 rings (SSSR count). The summed E-state index contributed by atoms with van der Waals surface area (Å²) in [5.74, 6) is 0. The lowest BCUT2D eigenvalue weighted by molar-refractivity contribution is 0.332. The lowest BCUT2D eigenvalue weighted by Gasteiger charge is -2.48. The molecule has 9 aromatic rings. The molecule has 0 spiro atoms. The van der Waals surface area contributed by atoms with Crippen LogP contribution >= 0.6 is 0 Å².